The van der Waals surface area contributed by atoms with Crippen molar-refractivity contribution in [3.8, 4) is 0 Å². The van der Waals surface area contributed by atoms with E-state index in [1.807, 2.05) is 0 Å². The van der Waals surface area contributed by atoms with Crippen molar-refractivity contribution in [1.82, 2.24) is 14.9 Å². The molecule has 2 aromatic carbocycles. The third-order valence-corrected chi connectivity index (χ3v) is 5.36. The average molecular weight is 415 g/mol. The van der Waals surface area contributed by atoms with Gasteiger partial charge in [-0.15, -0.1) is 0 Å². The number of carbonyl (C=O) groups excluding carboxylic acids is 1. The number of nitrogens with one attached hydrogen (secondary N) is 1. The number of benzene rings is 2. The van der Waals surface area contributed by atoms with Gasteiger partial charge in [0.05, 0.1) is 22.8 Å². The van der Waals surface area contributed by atoms with Crippen LogP contribution in [0.1, 0.15) is 12.0 Å². The molecule has 0 aliphatic carbocycles. The molecule has 1 aliphatic heterocycles. The fraction of sp³-hybridized carbons (Fsp3) is 0.190. The Kier molecular flexibility index (Phi) is 4.92. The largest absolute Gasteiger partial charge is 0.337 e. The molecule has 1 saturated heterocycles. The van der Waals surface area contributed by atoms with Crippen LogP contribution in [-0.2, 0) is 10.5 Å². The van der Waals surface area contributed by atoms with Crippen molar-refractivity contribution < 1.29 is 13.6 Å². The summed E-state index contributed by atoms with van der Waals surface area (Å²) in [5.41, 5.74) is -0.550. The quantitative estimate of drug-likeness (QED) is 0.626. The SMILES string of the molecule is C=CC(=O)N1CC[C@](F)(c2ccc3ncnc(Nc4cccc(Cl)c4F)c3c2)C1. The summed E-state index contributed by atoms with van der Waals surface area (Å²) < 4.78 is 29.9. The Hall–Kier alpha value is -3.06. The van der Waals surface area contributed by atoms with E-state index in [2.05, 4.69) is 21.9 Å². The molecule has 5 nitrogen and oxygen atoms in total. The minimum Gasteiger partial charge on any atom is -0.337 e. The molecule has 2 heterocycles. The number of hydrogen-bond donors (Lipinski definition) is 1. The molecule has 148 valence electrons. The number of alkyl halides is 1. The summed E-state index contributed by atoms with van der Waals surface area (Å²) in [5.74, 6) is -0.570. The number of aromatic nitrogens is 2. The molecule has 1 N–H and O–H groups in total. The van der Waals surface area contributed by atoms with E-state index in [0.29, 0.717) is 28.8 Å². The van der Waals surface area contributed by atoms with E-state index in [1.165, 1.54) is 29.4 Å². The van der Waals surface area contributed by atoms with E-state index >= 15 is 4.39 Å². The average Bonchev–Trinajstić information content (AvgIpc) is 3.14. The third kappa shape index (κ3) is 3.53. The van der Waals surface area contributed by atoms with Crippen molar-refractivity contribution in [2.24, 2.45) is 0 Å². The number of halogens is 3. The fourth-order valence-corrected chi connectivity index (χ4v) is 3.66. The number of rotatable bonds is 4. The van der Waals surface area contributed by atoms with Crippen molar-refractivity contribution in [1.29, 1.82) is 0 Å². The summed E-state index contributed by atoms with van der Waals surface area (Å²) >= 11 is 5.84. The summed E-state index contributed by atoms with van der Waals surface area (Å²) in [6, 6.07) is 9.57. The Labute approximate surface area is 171 Å². The van der Waals surface area contributed by atoms with Gasteiger partial charge in [-0.2, -0.15) is 0 Å². The van der Waals surface area contributed by atoms with E-state index in [0.717, 1.165) is 0 Å². The highest BCUT2D eigenvalue weighted by atomic mass is 35.5. The fourth-order valence-electron chi connectivity index (χ4n) is 3.49. The first-order valence-electron chi connectivity index (χ1n) is 8.98. The number of fused-ring (bicyclic) bond motifs is 1. The molecule has 0 radical (unpaired) electrons. The first-order valence-corrected chi connectivity index (χ1v) is 9.35. The van der Waals surface area contributed by atoms with Crippen LogP contribution < -0.4 is 5.32 Å². The van der Waals surface area contributed by atoms with Crippen LogP contribution in [0.3, 0.4) is 0 Å². The van der Waals surface area contributed by atoms with Gasteiger partial charge < -0.3 is 10.2 Å². The lowest BCUT2D eigenvalue weighted by Crippen LogP contribution is -2.30. The van der Waals surface area contributed by atoms with E-state index in [1.54, 1.807) is 24.3 Å². The monoisotopic (exact) mass is 414 g/mol. The normalized spacial score (nSPS) is 18.8. The molecule has 1 aromatic heterocycles. The van der Waals surface area contributed by atoms with Crippen LogP contribution in [0, 0.1) is 5.82 Å². The topological polar surface area (TPSA) is 58.1 Å². The van der Waals surface area contributed by atoms with Crippen molar-refractivity contribution in [2.45, 2.75) is 12.1 Å². The lowest BCUT2D eigenvalue weighted by molar-refractivity contribution is -0.125. The second-order valence-corrected chi connectivity index (χ2v) is 7.27. The number of carbonyl (C=O) groups is 1. The van der Waals surface area contributed by atoms with Crippen LogP contribution in [0.25, 0.3) is 10.9 Å². The summed E-state index contributed by atoms with van der Waals surface area (Å²) in [7, 11) is 0. The highest BCUT2D eigenvalue weighted by molar-refractivity contribution is 6.31. The molecule has 29 heavy (non-hydrogen) atoms. The highest BCUT2D eigenvalue weighted by Gasteiger charge is 2.41. The van der Waals surface area contributed by atoms with Gasteiger partial charge in [-0.3, -0.25) is 4.79 Å². The summed E-state index contributed by atoms with van der Waals surface area (Å²) in [5, 5.41) is 3.43. The molecule has 0 bridgehead atoms. The first-order chi connectivity index (χ1) is 13.9. The minimum absolute atomic E-state index is 0.0188. The number of nitrogens with zero attached hydrogens (tertiary/aromatic N) is 3. The van der Waals surface area contributed by atoms with E-state index in [4.69, 9.17) is 11.6 Å². The Morgan fingerprint density at radius 1 is 1.31 bits per heavy atom. The van der Waals surface area contributed by atoms with Gasteiger partial charge in [-0.05, 0) is 35.9 Å². The lowest BCUT2D eigenvalue weighted by atomic mass is 9.93. The zero-order valence-electron chi connectivity index (χ0n) is 15.3. The lowest BCUT2D eigenvalue weighted by Gasteiger charge is -2.21. The van der Waals surface area contributed by atoms with Gasteiger partial charge in [0.1, 0.15) is 12.1 Å². The van der Waals surface area contributed by atoms with Gasteiger partial charge >= 0.3 is 0 Å². The van der Waals surface area contributed by atoms with Crippen LogP contribution in [0.5, 0.6) is 0 Å². The molecule has 1 atom stereocenters. The predicted octanol–water partition coefficient (Wildman–Crippen LogP) is 4.75. The summed E-state index contributed by atoms with van der Waals surface area (Å²) in [6.07, 6.45) is 2.71. The van der Waals surface area contributed by atoms with Gasteiger partial charge in [0.25, 0.3) is 0 Å². The molecular weight excluding hydrogens is 398 g/mol. The Balaban J connectivity index is 1.72. The van der Waals surface area contributed by atoms with Crippen LogP contribution in [0.15, 0.2) is 55.4 Å². The standard InChI is InChI=1S/C21H17ClF2N4O/c1-2-18(29)28-9-8-21(24,11-28)13-6-7-16-14(10-13)20(26-12-25-16)27-17-5-3-4-15(22)19(17)23/h2-7,10,12H,1,8-9,11H2,(H,25,26,27)/t21-/m1/s1. The molecule has 1 aliphatic rings. The molecular formula is C21H17ClF2N4O. The molecule has 0 spiro atoms. The van der Waals surface area contributed by atoms with Crippen molar-refractivity contribution in [3.05, 3.63) is 71.8 Å². The van der Waals surface area contributed by atoms with E-state index in [-0.39, 0.29) is 29.6 Å². The molecule has 8 heteroatoms. The van der Waals surface area contributed by atoms with Crippen LogP contribution >= 0.6 is 11.6 Å². The van der Waals surface area contributed by atoms with Crippen LogP contribution in [0.4, 0.5) is 20.3 Å². The number of hydrogen-bond acceptors (Lipinski definition) is 4. The first kappa shape index (κ1) is 19.3. The summed E-state index contributed by atoms with van der Waals surface area (Å²) in [4.78, 5) is 21.6. The van der Waals surface area contributed by atoms with E-state index in [9.17, 15) is 9.18 Å². The zero-order chi connectivity index (χ0) is 20.6. The second-order valence-electron chi connectivity index (χ2n) is 6.86. The summed E-state index contributed by atoms with van der Waals surface area (Å²) in [6.45, 7) is 3.71. The Morgan fingerprint density at radius 2 is 2.14 bits per heavy atom. The van der Waals surface area contributed by atoms with Gasteiger partial charge in [-0.1, -0.05) is 30.3 Å². The Bertz CT molecular complexity index is 1120. The molecule has 3 aromatic rings. The smallest absolute Gasteiger partial charge is 0.246 e. The maximum atomic E-state index is 15.6. The highest BCUT2D eigenvalue weighted by Crippen LogP contribution is 2.38. The second kappa shape index (κ2) is 7.40. The van der Waals surface area contributed by atoms with E-state index < -0.39 is 11.5 Å². The number of anilines is 2. The van der Waals surface area contributed by atoms with Crippen molar-refractivity contribution in [2.75, 3.05) is 18.4 Å². The molecule has 4 rings (SSSR count). The maximum absolute atomic E-state index is 15.6. The third-order valence-electron chi connectivity index (χ3n) is 5.06. The molecule has 1 amide bonds. The Morgan fingerprint density at radius 3 is 2.93 bits per heavy atom. The van der Waals surface area contributed by atoms with Crippen LogP contribution in [-0.4, -0.2) is 33.9 Å². The molecule has 0 unspecified atom stereocenters. The van der Waals surface area contributed by atoms with Crippen molar-refractivity contribution >= 4 is 39.9 Å². The molecule has 1 fully saturated rings. The van der Waals surface area contributed by atoms with Gasteiger partial charge in [0.15, 0.2) is 11.5 Å². The van der Waals surface area contributed by atoms with Crippen LogP contribution in [0.2, 0.25) is 5.02 Å². The minimum atomic E-state index is -1.69. The maximum Gasteiger partial charge on any atom is 0.246 e. The molecule has 0 saturated carbocycles. The van der Waals surface area contributed by atoms with Crippen molar-refractivity contribution in [3.63, 3.8) is 0 Å². The zero-order valence-corrected chi connectivity index (χ0v) is 16.1. The van der Waals surface area contributed by atoms with Gasteiger partial charge in [0, 0.05) is 18.4 Å². The predicted molar refractivity (Wildman–Crippen MR) is 108 cm³/mol. The van der Waals surface area contributed by atoms with Gasteiger partial charge in [0.2, 0.25) is 5.91 Å². The number of amides is 1. The van der Waals surface area contributed by atoms with Gasteiger partial charge in [-0.25, -0.2) is 18.7 Å². The number of likely N-dealkylation sites (tertiary alicyclic amines) is 1.